The van der Waals surface area contributed by atoms with Crippen molar-refractivity contribution in [2.75, 3.05) is 12.3 Å². The Morgan fingerprint density at radius 2 is 2.12 bits per heavy atom. The lowest BCUT2D eigenvalue weighted by Gasteiger charge is -2.27. The van der Waals surface area contributed by atoms with Gasteiger partial charge in [-0.1, -0.05) is 18.2 Å². The molecule has 1 heterocycles. The fourth-order valence-corrected chi connectivity index (χ4v) is 2.13. The molecule has 90 valence electrons. The van der Waals surface area contributed by atoms with E-state index >= 15 is 0 Å². The van der Waals surface area contributed by atoms with Crippen LogP contribution in [0.25, 0.3) is 0 Å². The maximum atomic E-state index is 10.5. The summed E-state index contributed by atoms with van der Waals surface area (Å²) in [5, 5.41) is 0. The zero-order valence-corrected chi connectivity index (χ0v) is 9.94. The van der Waals surface area contributed by atoms with Gasteiger partial charge in [0.25, 0.3) is 10.1 Å². The highest BCUT2D eigenvalue weighted by molar-refractivity contribution is 7.85. The van der Waals surface area contributed by atoms with E-state index in [4.69, 9.17) is 4.55 Å². The molecule has 1 aliphatic heterocycles. The number of hydrogen-bond donors (Lipinski definition) is 1. The van der Waals surface area contributed by atoms with Crippen molar-refractivity contribution in [1.82, 2.24) is 4.90 Å². The van der Waals surface area contributed by atoms with Crippen molar-refractivity contribution in [2.24, 2.45) is 0 Å². The van der Waals surface area contributed by atoms with Crippen LogP contribution >= 0.6 is 0 Å². The van der Waals surface area contributed by atoms with Crippen molar-refractivity contribution in [3.8, 4) is 0 Å². The minimum absolute atomic E-state index is 0.168. The third kappa shape index (κ3) is 4.63. The number of rotatable bonds is 6. The quantitative estimate of drug-likeness (QED) is 0.437. The third-order valence-electron chi connectivity index (χ3n) is 2.39. The molecule has 1 unspecified atom stereocenters. The number of nitrogens with zero attached hydrogens (tertiary/aromatic N) is 1. The molecular formula is C11H17NO3S. The highest BCUT2D eigenvalue weighted by Crippen LogP contribution is 2.10. The highest BCUT2D eigenvalue weighted by atomic mass is 32.2. The van der Waals surface area contributed by atoms with E-state index in [1.807, 2.05) is 30.5 Å². The van der Waals surface area contributed by atoms with Crippen molar-refractivity contribution in [2.45, 2.75) is 18.9 Å². The molecular weight excluding hydrogens is 226 g/mol. The summed E-state index contributed by atoms with van der Waals surface area (Å²) < 4.78 is 29.6. The van der Waals surface area contributed by atoms with Crippen molar-refractivity contribution in [3.63, 3.8) is 0 Å². The van der Waals surface area contributed by atoms with Gasteiger partial charge in [-0.3, -0.25) is 4.55 Å². The molecule has 0 saturated carbocycles. The van der Waals surface area contributed by atoms with Crippen LogP contribution in [0.1, 0.15) is 12.8 Å². The molecule has 1 rings (SSSR count). The summed E-state index contributed by atoms with van der Waals surface area (Å²) >= 11 is 0. The Kier molecular flexibility index (Phi) is 4.76. The van der Waals surface area contributed by atoms with Crippen LogP contribution in [-0.4, -0.2) is 36.2 Å². The second kappa shape index (κ2) is 5.86. The Bertz CT molecular complexity index is 384. The molecule has 0 saturated heterocycles. The SMILES string of the molecule is C=CC1C=CC=CN1CCCCS(=O)(=O)O. The van der Waals surface area contributed by atoms with E-state index in [9.17, 15) is 8.42 Å². The Balaban J connectivity index is 2.30. The van der Waals surface area contributed by atoms with Crippen molar-refractivity contribution in [3.05, 3.63) is 37.1 Å². The van der Waals surface area contributed by atoms with Gasteiger partial charge in [0.05, 0.1) is 11.8 Å². The van der Waals surface area contributed by atoms with Crippen LogP contribution in [-0.2, 0) is 10.1 Å². The Labute approximate surface area is 96.7 Å². The standard InChI is InChI=1S/C11H17NO3S/c1-2-11-7-3-4-8-12(11)9-5-6-10-16(13,14)15/h2-4,7-8,11H,1,5-6,9-10H2,(H,13,14,15). The second-order valence-electron chi connectivity index (χ2n) is 3.68. The van der Waals surface area contributed by atoms with Gasteiger partial charge in [0, 0.05) is 6.54 Å². The monoisotopic (exact) mass is 243 g/mol. The minimum Gasteiger partial charge on any atom is -0.368 e. The molecule has 1 aliphatic rings. The average Bonchev–Trinajstić information content (AvgIpc) is 2.23. The summed E-state index contributed by atoms with van der Waals surface area (Å²) in [7, 11) is -3.82. The molecule has 0 bridgehead atoms. The van der Waals surface area contributed by atoms with E-state index in [0.717, 1.165) is 13.0 Å². The summed E-state index contributed by atoms with van der Waals surface area (Å²) in [4.78, 5) is 2.08. The first-order valence-electron chi connectivity index (χ1n) is 5.21. The molecule has 1 atom stereocenters. The van der Waals surface area contributed by atoms with Gasteiger partial charge in [-0.15, -0.1) is 6.58 Å². The van der Waals surface area contributed by atoms with Crippen LogP contribution in [0.15, 0.2) is 37.1 Å². The molecule has 0 aromatic heterocycles. The summed E-state index contributed by atoms with van der Waals surface area (Å²) in [6.45, 7) is 4.50. The maximum Gasteiger partial charge on any atom is 0.264 e. The van der Waals surface area contributed by atoms with Crippen molar-refractivity contribution < 1.29 is 13.0 Å². The van der Waals surface area contributed by atoms with E-state index in [0.29, 0.717) is 6.42 Å². The van der Waals surface area contributed by atoms with Crippen LogP contribution in [0, 0.1) is 0 Å². The topological polar surface area (TPSA) is 57.6 Å². The predicted molar refractivity (Wildman–Crippen MR) is 64.6 cm³/mol. The van der Waals surface area contributed by atoms with Gasteiger partial charge in [0.2, 0.25) is 0 Å². The Morgan fingerprint density at radius 3 is 2.75 bits per heavy atom. The zero-order valence-electron chi connectivity index (χ0n) is 9.12. The molecule has 4 nitrogen and oxygen atoms in total. The van der Waals surface area contributed by atoms with Gasteiger partial charge >= 0.3 is 0 Å². The first kappa shape index (κ1) is 13.0. The van der Waals surface area contributed by atoms with Crippen LogP contribution in [0.3, 0.4) is 0 Å². The van der Waals surface area contributed by atoms with E-state index in [1.54, 1.807) is 0 Å². The Morgan fingerprint density at radius 1 is 1.38 bits per heavy atom. The van der Waals surface area contributed by atoms with Crippen molar-refractivity contribution in [1.29, 1.82) is 0 Å². The van der Waals surface area contributed by atoms with Gasteiger partial charge < -0.3 is 4.90 Å². The van der Waals surface area contributed by atoms with Crippen LogP contribution in [0.5, 0.6) is 0 Å². The summed E-state index contributed by atoms with van der Waals surface area (Å²) in [5.41, 5.74) is 0. The molecule has 0 aliphatic carbocycles. The molecule has 0 aromatic rings. The van der Waals surface area contributed by atoms with E-state index < -0.39 is 10.1 Å². The van der Waals surface area contributed by atoms with Gasteiger partial charge in [0.1, 0.15) is 0 Å². The lowest BCUT2D eigenvalue weighted by Crippen LogP contribution is -2.29. The molecule has 0 aromatic carbocycles. The molecule has 5 heteroatoms. The van der Waals surface area contributed by atoms with Gasteiger partial charge in [-0.05, 0) is 25.1 Å². The molecule has 0 amide bonds. The summed E-state index contributed by atoms with van der Waals surface area (Å²) in [6.07, 6.45) is 10.9. The van der Waals surface area contributed by atoms with Gasteiger partial charge in [0.15, 0.2) is 0 Å². The largest absolute Gasteiger partial charge is 0.368 e. The van der Waals surface area contributed by atoms with E-state index in [1.165, 1.54) is 0 Å². The lowest BCUT2D eigenvalue weighted by molar-refractivity contribution is 0.348. The fourth-order valence-electron chi connectivity index (χ4n) is 1.56. The fraction of sp³-hybridized carbons (Fsp3) is 0.455. The summed E-state index contributed by atoms with van der Waals surface area (Å²) in [5.74, 6) is -0.168. The van der Waals surface area contributed by atoms with E-state index in [2.05, 4.69) is 11.5 Å². The summed E-state index contributed by atoms with van der Waals surface area (Å²) in [6, 6.07) is 0.177. The zero-order chi connectivity index (χ0) is 12.0. The third-order valence-corrected chi connectivity index (χ3v) is 3.19. The smallest absolute Gasteiger partial charge is 0.264 e. The number of allylic oxidation sites excluding steroid dienone is 2. The molecule has 1 N–H and O–H groups in total. The predicted octanol–water partition coefficient (Wildman–Crippen LogP) is 1.59. The van der Waals surface area contributed by atoms with E-state index in [-0.39, 0.29) is 11.8 Å². The average molecular weight is 243 g/mol. The first-order valence-corrected chi connectivity index (χ1v) is 6.82. The first-order chi connectivity index (χ1) is 7.53. The van der Waals surface area contributed by atoms with Crippen molar-refractivity contribution >= 4 is 10.1 Å². The second-order valence-corrected chi connectivity index (χ2v) is 5.26. The molecule has 0 fully saturated rings. The van der Waals surface area contributed by atoms with Crippen LogP contribution < -0.4 is 0 Å². The minimum atomic E-state index is -3.82. The molecule has 0 spiro atoms. The highest BCUT2D eigenvalue weighted by Gasteiger charge is 2.11. The number of hydrogen-bond acceptors (Lipinski definition) is 3. The Hall–Kier alpha value is -1.07. The number of unbranched alkanes of at least 4 members (excludes halogenated alkanes) is 1. The maximum absolute atomic E-state index is 10.5. The van der Waals surface area contributed by atoms with Crippen LogP contribution in [0.2, 0.25) is 0 Å². The molecule has 16 heavy (non-hydrogen) atoms. The van der Waals surface area contributed by atoms with Gasteiger partial charge in [-0.25, -0.2) is 0 Å². The van der Waals surface area contributed by atoms with Gasteiger partial charge in [-0.2, -0.15) is 8.42 Å². The molecule has 0 radical (unpaired) electrons. The normalized spacial score (nSPS) is 20.1. The lowest BCUT2D eigenvalue weighted by atomic mass is 10.1. The van der Waals surface area contributed by atoms with Crippen LogP contribution in [0.4, 0.5) is 0 Å².